The lowest BCUT2D eigenvalue weighted by molar-refractivity contribution is 0.304. The first-order valence-electron chi connectivity index (χ1n) is 7.82. The summed E-state index contributed by atoms with van der Waals surface area (Å²) in [7, 11) is 0. The van der Waals surface area contributed by atoms with Gasteiger partial charge in [0.2, 0.25) is 0 Å². The maximum absolute atomic E-state index is 5.92. The molecule has 0 aliphatic heterocycles. The van der Waals surface area contributed by atoms with Crippen LogP contribution in [0.15, 0.2) is 71.3 Å². The summed E-state index contributed by atoms with van der Waals surface area (Å²) in [5.41, 5.74) is 3.57. The van der Waals surface area contributed by atoms with Crippen LogP contribution in [0.2, 0.25) is 0 Å². The van der Waals surface area contributed by atoms with Gasteiger partial charge >= 0.3 is 0 Å². The highest BCUT2D eigenvalue weighted by Gasteiger charge is 2.04. The van der Waals surface area contributed by atoms with Crippen LogP contribution in [-0.2, 0) is 13.2 Å². The fourth-order valence-electron chi connectivity index (χ4n) is 2.39. The molecule has 3 nitrogen and oxygen atoms in total. The van der Waals surface area contributed by atoms with Gasteiger partial charge in [-0.15, -0.1) is 0 Å². The number of nitrogens with zero attached hydrogens (tertiary/aromatic N) is 1. The number of hydrogen-bond donors (Lipinski definition) is 1. The van der Waals surface area contributed by atoms with E-state index in [0.29, 0.717) is 13.2 Å². The summed E-state index contributed by atoms with van der Waals surface area (Å²) in [6.45, 7) is 3.36. The van der Waals surface area contributed by atoms with Gasteiger partial charge in [0.1, 0.15) is 18.2 Å². The minimum Gasteiger partial charge on any atom is -0.488 e. The Morgan fingerprint density at radius 1 is 1.00 bits per heavy atom. The molecule has 0 bridgehead atoms. The monoisotopic (exact) mass is 382 g/mol. The molecular weight excluding hydrogens is 364 g/mol. The average Bonchev–Trinajstić information content (AvgIpc) is 2.60. The van der Waals surface area contributed by atoms with Crippen molar-refractivity contribution in [2.24, 2.45) is 0 Å². The Kier molecular flexibility index (Phi) is 5.49. The molecule has 2 aromatic carbocycles. The van der Waals surface area contributed by atoms with E-state index in [1.807, 2.05) is 24.3 Å². The van der Waals surface area contributed by atoms with Gasteiger partial charge in [0, 0.05) is 12.7 Å². The van der Waals surface area contributed by atoms with Crippen molar-refractivity contribution in [3.8, 4) is 5.75 Å². The lowest BCUT2D eigenvalue weighted by Crippen LogP contribution is -2.01. The molecule has 1 N–H and O–H groups in total. The number of ether oxygens (including phenoxy) is 1. The zero-order valence-electron chi connectivity index (χ0n) is 13.5. The van der Waals surface area contributed by atoms with Crippen LogP contribution < -0.4 is 10.1 Å². The number of nitrogens with one attached hydrogen (secondary N) is 1. The number of aryl methyl sites for hydroxylation is 1. The van der Waals surface area contributed by atoms with E-state index in [4.69, 9.17) is 4.74 Å². The van der Waals surface area contributed by atoms with E-state index in [-0.39, 0.29) is 0 Å². The number of anilines is 1. The number of aromatic nitrogens is 1. The Morgan fingerprint density at radius 2 is 1.92 bits per heavy atom. The smallest absolute Gasteiger partial charge is 0.134 e. The molecule has 0 amide bonds. The Balaban J connectivity index is 1.60. The molecule has 0 atom stereocenters. The quantitative estimate of drug-likeness (QED) is 0.624. The van der Waals surface area contributed by atoms with Crippen molar-refractivity contribution >= 4 is 21.7 Å². The van der Waals surface area contributed by atoms with Crippen LogP contribution in [0.1, 0.15) is 16.7 Å². The van der Waals surface area contributed by atoms with Crippen LogP contribution in [0.25, 0.3) is 0 Å². The number of pyridine rings is 1. The third-order valence-corrected chi connectivity index (χ3v) is 4.23. The van der Waals surface area contributed by atoms with Gasteiger partial charge in [0.15, 0.2) is 0 Å². The van der Waals surface area contributed by atoms with Gasteiger partial charge in [-0.05, 0) is 58.2 Å². The van der Waals surface area contributed by atoms with Crippen molar-refractivity contribution in [2.75, 3.05) is 5.32 Å². The van der Waals surface area contributed by atoms with Crippen LogP contribution in [0.4, 0.5) is 5.82 Å². The Labute approximate surface area is 150 Å². The highest BCUT2D eigenvalue weighted by Crippen LogP contribution is 2.27. The lowest BCUT2D eigenvalue weighted by atomic mass is 10.1. The zero-order valence-corrected chi connectivity index (χ0v) is 15.1. The average molecular weight is 383 g/mol. The van der Waals surface area contributed by atoms with E-state index in [9.17, 15) is 0 Å². The van der Waals surface area contributed by atoms with Crippen molar-refractivity contribution in [3.63, 3.8) is 0 Å². The standard InChI is InChI=1S/C20H19BrN2O/c1-15-5-4-6-17(11-15)14-24-19-9-8-16(12-18(19)21)13-23-20-7-2-3-10-22-20/h2-12H,13-14H2,1H3,(H,22,23). The Hall–Kier alpha value is -2.33. The first-order chi connectivity index (χ1) is 11.7. The summed E-state index contributed by atoms with van der Waals surface area (Å²) >= 11 is 3.59. The summed E-state index contributed by atoms with van der Waals surface area (Å²) in [5.74, 6) is 1.71. The molecule has 3 aromatic rings. The van der Waals surface area contributed by atoms with Crippen LogP contribution >= 0.6 is 15.9 Å². The molecule has 0 radical (unpaired) electrons. The molecule has 1 heterocycles. The molecule has 122 valence electrons. The molecule has 0 aliphatic carbocycles. The SMILES string of the molecule is Cc1cccc(COc2ccc(CNc3ccccn3)cc2Br)c1. The highest BCUT2D eigenvalue weighted by atomic mass is 79.9. The lowest BCUT2D eigenvalue weighted by Gasteiger charge is -2.11. The molecule has 1 aromatic heterocycles. The topological polar surface area (TPSA) is 34.1 Å². The van der Waals surface area contributed by atoms with Crippen LogP contribution in [0, 0.1) is 6.92 Å². The fraction of sp³-hybridized carbons (Fsp3) is 0.150. The molecule has 0 saturated heterocycles. The molecule has 24 heavy (non-hydrogen) atoms. The maximum Gasteiger partial charge on any atom is 0.134 e. The van der Waals surface area contributed by atoms with Crippen LogP contribution in [0.5, 0.6) is 5.75 Å². The summed E-state index contributed by atoms with van der Waals surface area (Å²) in [6.07, 6.45) is 1.78. The third kappa shape index (κ3) is 4.59. The minimum atomic E-state index is 0.561. The van der Waals surface area contributed by atoms with Crippen molar-refractivity contribution in [1.82, 2.24) is 4.98 Å². The first kappa shape index (κ1) is 16.5. The molecule has 0 unspecified atom stereocenters. The van der Waals surface area contributed by atoms with Gasteiger partial charge in [0.25, 0.3) is 0 Å². The molecular formula is C20H19BrN2O. The van der Waals surface area contributed by atoms with Gasteiger partial charge < -0.3 is 10.1 Å². The van der Waals surface area contributed by atoms with Gasteiger partial charge in [-0.1, -0.05) is 42.0 Å². The minimum absolute atomic E-state index is 0.561. The molecule has 4 heteroatoms. The van der Waals surface area contributed by atoms with E-state index >= 15 is 0 Å². The van der Waals surface area contributed by atoms with Gasteiger partial charge in [0.05, 0.1) is 4.47 Å². The first-order valence-corrected chi connectivity index (χ1v) is 8.62. The predicted molar refractivity (Wildman–Crippen MR) is 101 cm³/mol. The second-order valence-electron chi connectivity index (χ2n) is 5.61. The third-order valence-electron chi connectivity index (χ3n) is 3.61. The molecule has 0 spiro atoms. The van der Waals surface area contributed by atoms with Gasteiger partial charge in [-0.2, -0.15) is 0 Å². The maximum atomic E-state index is 5.92. The van der Waals surface area contributed by atoms with Gasteiger partial charge in [-0.3, -0.25) is 0 Å². The molecule has 0 fully saturated rings. The van der Waals surface area contributed by atoms with Crippen molar-refractivity contribution in [2.45, 2.75) is 20.1 Å². The predicted octanol–water partition coefficient (Wildman–Crippen LogP) is 5.34. The number of hydrogen-bond acceptors (Lipinski definition) is 3. The molecule has 0 aliphatic rings. The van der Waals surface area contributed by atoms with Gasteiger partial charge in [-0.25, -0.2) is 4.98 Å². The van der Waals surface area contributed by atoms with E-state index in [2.05, 4.69) is 69.6 Å². The number of halogens is 1. The summed E-state index contributed by atoms with van der Waals surface area (Å²) in [4.78, 5) is 4.26. The van der Waals surface area contributed by atoms with E-state index < -0.39 is 0 Å². The highest BCUT2D eigenvalue weighted by molar-refractivity contribution is 9.10. The fourth-order valence-corrected chi connectivity index (χ4v) is 2.93. The Morgan fingerprint density at radius 3 is 2.67 bits per heavy atom. The summed E-state index contributed by atoms with van der Waals surface area (Å²) < 4.78 is 6.87. The molecule has 3 rings (SSSR count). The van der Waals surface area contributed by atoms with Crippen molar-refractivity contribution in [3.05, 3.63) is 88.0 Å². The normalized spacial score (nSPS) is 10.4. The second-order valence-corrected chi connectivity index (χ2v) is 6.47. The van der Waals surface area contributed by atoms with Crippen LogP contribution in [0.3, 0.4) is 0 Å². The van der Waals surface area contributed by atoms with E-state index in [1.54, 1.807) is 6.20 Å². The summed E-state index contributed by atoms with van der Waals surface area (Å²) in [6, 6.07) is 20.3. The Bertz CT molecular complexity index is 806. The van der Waals surface area contributed by atoms with Crippen molar-refractivity contribution in [1.29, 1.82) is 0 Å². The van der Waals surface area contributed by atoms with E-state index in [0.717, 1.165) is 21.6 Å². The number of benzene rings is 2. The zero-order chi connectivity index (χ0) is 16.8. The summed E-state index contributed by atoms with van der Waals surface area (Å²) in [5, 5.41) is 3.30. The van der Waals surface area contributed by atoms with E-state index in [1.165, 1.54) is 11.1 Å². The van der Waals surface area contributed by atoms with Crippen molar-refractivity contribution < 1.29 is 4.74 Å². The number of rotatable bonds is 6. The largest absolute Gasteiger partial charge is 0.488 e. The van der Waals surface area contributed by atoms with Crippen LogP contribution in [-0.4, -0.2) is 4.98 Å². The second kappa shape index (κ2) is 7.97. The molecule has 0 saturated carbocycles.